The molecule has 0 unspecified atom stereocenters. The van der Waals surface area contributed by atoms with E-state index in [0.29, 0.717) is 12.1 Å². The molecule has 0 atom stereocenters. The topological polar surface area (TPSA) is 49.8 Å². The average Bonchev–Trinajstić information content (AvgIpc) is 2.75. The van der Waals surface area contributed by atoms with E-state index in [1.54, 1.807) is 0 Å². The van der Waals surface area contributed by atoms with Gasteiger partial charge in [0, 0.05) is 19.5 Å². The lowest BCUT2D eigenvalue weighted by Gasteiger charge is -2.06. The molecule has 108 valence electrons. The van der Waals surface area contributed by atoms with Gasteiger partial charge in [-0.05, 0) is 30.8 Å². The van der Waals surface area contributed by atoms with Crippen LogP contribution >= 0.6 is 12.2 Å². The number of halogens is 2. The fourth-order valence-electron chi connectivity index (χ4n) is 1.97. The molecule has 0 saturated carbocycles. The number of carbonyl (C=O) groups excluding carboxylic acids is 1. The van der Waals surface area contributed by atoms with E-state index in [2.05, 4.69) is 10.3 Å². The van der Waals surface area contributed by atoms with Crippen LogP contribution in [-0.2, 0) is 11.3 Å². The SMILES string of the molecule is CCCNC(=O)CCn1c(=S)[nH]c2ccc(F)c(F)c21. The predicted molar refractivity (Wildman–Crippen MR) is 75.0 cm³/mol. The van der Waals surface area contributed by atoms with Crippen LogP contribution in [0.2, 0.25) is 0 Å². The molecule has 2 rings (SSSR count). The second-order valence-electron chi connectivity index (χ2n) is 4.44. The lowest BCUT2D eigenvalue weighted by Crippen LogP contribution is -2.25. The van der Waals surface area contributed by atoms with E-state index in [4.69, 9.17) is 12.2 Å². The number of nitrogens with zero attached hydrogens (tertiary/aromatic N) is 1. The van der Waals surface area contributed by atoms with Crippen molar-refractivity contribution in [2.75, 3.05) is 6.54 Å². The molecule has 1 aromatic heterocycles. The summed E-state index contributed by atoms with van der Waals surface area (Å²) in [5, 5.41) is 2.72. The molecule has 0 spiro atoms. The van der Waals surface area contributed by atoms with Crippen LogP contribution in [0.5, 0.6) is 0 Å². The van der Waals surface area contributed by atoms with E-state index in [1.165, 1.54) is 10.6 Å². The maximum Gasteiger partial charge on any atom is 0.221 e. The first-order chi connectivity index (χ1) is 9.54. The van der Waals surface area contributed by atoms with Crippen molar-refractivity contribution in [3.8, 4) is 0 Å². The minimum absolute atomic E-state index is 0.0679. The van der Waals surface area contributed by atoms with Crippen molar-refractivity contribution in [3.05, 3.63) is 28.5 Å². The number of rotatable bonds is 5. The number of carbonyl (C=O) groups is 1. The van der Waals surface area contributed by atoms with E-state index in [1.807, 2.05) is 6.92 Å². The van der Waals surface area contributed by atoms with Gasteiger partial charge in [0.1, 0.15) is 5.52 Å². The van der Waals surface area contributed by atoms with Crippen LogP contribution in [0.4, 0.5) is 8.78 Å². The minimum atomic E-state index is -0.955. The lowest BCUT2D eigenvalue weighted by molar-refractivity contribution is -0.121. The number of hydrogen-bond donors (Lipinski definition) is 2. The maximum atomic E-state index is 13.8. The Bertz CT molecular complexity index is 693. The molecule has 1 amide bonds. The Kier molecular flexibility index (Phi) is 4.49. The summed E-state index contributed by atoms with van der Waals surface area (Å²) in [5.41, 5.74) is 0.487. The lowest BCUT2D eigenvalue weighted by atomic mass is 10.3. The molecule has 2 aromatic rings. The van der Waals surface area contributed by atoms with Crippen LogP contribution in [0.25, 0.3) is 11.0 Å². The third-order valence-corrected chi connectivity index (χ3v) is 3.28. The molecule has 1 heterocycles. The average molecular weight is 299 g/mol. The Balaban J connectivity index is 2.26. The number of fused-ring (bicyclic) bond motifs is 1. The number of benzene rings is 1. The van der Waals surface area contributed by atoms with Gasteiger partial charge in [-0.2, -0.15) is 0 Å². The Morgan fingerprint density at radius 1 is 1.45 bits per heavy atom. The third-order valence-electron chi connectivity index (χ3n) is 2.96. The highest BCUT2D eigenvalue weighted by Gasteiger charge is 2.14. The van der Waals surface area contributed by atoms with Crippen molar-refractivity contribution in [3.63, 3.8) is 0 Å². The molecule has 0 bridgehead atoms. The molecule has 4 nitrogen and oxygen atoms in total. The summed E-state index contributed by atoms with van der Waals surface area (Å²) in [6.45, 7) is 2.75. The molecule has 1 aromatic carbocycles. The Labute approximate surface area is 119 Å². The second-order valence-corrected chi connectivity index (χ2v) is 4.83. The summed E-state index contributed by atoms with van der Waals surface area (Å²) in [4.78, 5) is 14.4. The third kappa shape index (κ3) is 2.87. The largest absolute Gasteiger partial charge is 0.356 e. The predicted octanol–water partition coefficient (Wildman–Crippen LogP) is 2.89. The van der Waals surface area contributed by atoms with E-state index in [-0.39, 0.29) is 29.2 Å². The van der Waals surface area contributed by atoms with Crippen LogP contribution in [0, 0.1) is 16.4 Å². The number of nitrogens with one attached hydrogen (secondary N) is 2. The number of aromatic amines is 1. The second kappa shape index (κ2) is 6.13. The van der Waals surface area contributed by atoms with Crippen molar-refractivity contribution in [1.82, 2.24) is 14.9 Å². The van der Waals surface area contributed by atoms with Crippen molar-refractivity contribution >= 4 is 29.2 Å². The van der Waals surface area contributed by atoms with Gasteiger partial charge < -0.3 is 14.9 Å². The zero-order valence-corrected chi connectivity index (χ0v) is 11.8. The van der Waals surface area contributed by atoms with E-state index in [9.17, 15) is 13.6 Å². The summed E-state index contributed by atoms with van der Waals surface area (Å²) in [6, 6.07) is 2.47. The quantitative estimate of drug-likeness (QED) is 0.834. The smallest absolute Gasteiger partial charge is 0.221 e. The molecule has 0 saturated heterocycles. The Morgan fingerprint density at radius 3 is 2.90 bits per heavy atom. The highest BCUT2D eigenvalue weighted by molar-refractivity contribution is 7.71. The van der Waals surface area contributed by atoms with Crippen LogP contribution in [-0.4, -0.2) is 22.0 Å². The molecule has 7 heteroatoms. The molecular weight excluding hydrogens is 284 g/mol. The van der Waals surface area contributed by atoms with Crippen molar-refractivity contribution in [2.24, 2.45) is 0 Å². The first-order valence-electron chi connectivity index (χ1n) is 6.37. The minimum Gasteiger partial charge on any atom is -0.356 e. The van der Waals surface area contributed by atoms with Gasteiger partial charge in [0.15, 0.2) is 16.4 Å². The highest BCUT2D eigenvalue weighted by Crippen LogP contribution is 2.20. The van der Waals surface area contributed by atoms with E-state index < -0.39 is 11.6 Å². The number of H-pyrrole nitrogens is 1. The van der Waals surface area contributed by atoms with Gasteiger partial charge in [-0.1, -0.05) is 6.92 Å². The van der Waals surface area contributed by atoms with Crippen LogP contribution in [0.1, 0.15) is 19.8 Å². The number of imidazole rings is 1. The van der Waals surface area contributed by atoms with Crippen LogP contribution in [0.15, 0.2) is 12.1 Å². The molecule has 0 aliphatic carbocycles. The van der Waals surface area contributed by atoms with Gasteiger partial charge in [0.2, 0.25) is 5.91 Å². The summed E-state index contributed by atoms with van der Waals surface area (Å²) in [5.74, 6) is -2.03. The monoisotopic (exact) mass is 299 g/mol. The van der Waals surface area contributed by atoms with Gasteiger partial charge >= 0.3 is 0 Å². The number of aromatic nitrogens is 2. The molecule has 0 radical (unpaired) electrons. The summed E-state index contributed by atoms with van der Waals surface area (Å²) >= 11 is 5.08. The van der Waals surface area contributed by atoms with Crippen LogP contribution in [0.3, 0.4) is 0 Å². The highest BCUT2D eigenvalue weighted by atomic mass is 32.1. The maximum absolute atomic E-state index is 13.8. The van der Waals surface area contributed by atoms with Gasteiger partial charge in [-0.25, -0.2) is 8.78 Å². The van der Waals surface area contributed by atoms with Gasteiger partial charge in [0.25, 0.3) is 0 Å². The molecule has 0 aliphatic heterocycles. The Morgan fingerprint density at radius 2 is 2.20 bits per heavy atom. The van der Waals surface area contributed by atoms with E-state index in [0.717, 1.165) is 12.5 Å². The van der Waals surface area contributed by atoms with E-state index >= 15 is 0 Å². The van der Waals surface area contributed by atoms with Gasteiger partial charge in [-0.3, -0.25) is 4.79 Å². The molecule has 20 heavy (non-hydrogen) atoms. The first-order valence-corrected chi connectivity index (χ1v) is 6.78. The Hall–Kier alpha value is -1.76. The zero-order valence-electron chi connectivity index (χ0n) is 11.0. The van der Waals surface area contributed by atoms with Crippen molar-refractivity contribution in [2.45, 2.75) is 26.3 Å². The van der Waals surface area contributed by atoms with Crippen molar-refractivity contribution < 1.29 is 13.6 Å². The number of amides is 1. The molecule has 2 N–H and O–H groups in total. The van der Waals surface area contributed by atoms with Gasteiger partial charge in [0.05, 0.1) is 5.52 Å². The van der Waals surface area contributed by atoms with Crippen LogP contribution < -0.4 is 5.32 Å². The normalized spacial score (nSPS) is 10.9. The number of hydrogen-bond acceptors (Lipinski definition) is 2. The van der Waals surface area contributed by atoms with Gasteiger partial charge in [-0.15, -0.1) is 0 Å². The first kappa shape index (κ1) is 14.6. The molecule has 0 fully saturated rings. The number of aryl methyl sites for hydroxylation is 1. The summed E-state index contributed by atoms with van der Waals surface area (Å²) < 4.78 is 28.8. The zero-order chi connectivity index (χ0) is 14.7. The van der Waals surface area contributed by atoms with Crippen molar-refractivity contribution in [1.29, 1.82) is 0 Å². The standard InChI is InChI=1S/C13H15F2N3OS/c1-2-6-16-10(19)5-7-18-12-9(17-13(18)20)4-3-8(14)11(12)15/h3-4H,2,5-7H2,1H3,(H,16,19)(H,17,20). The summed E-state index contributed by atoms with van der Waals surface area (Å²) in [7, 11) is 0. The fourth-order valence-corrected chi connectivity index (χ4v) is 2.26. The fraction of sp³-hybridized carbons (Fsp3) is 0.385. The summed E-state index contributed by atoms with van der Waals surface area (Å²) in [6.07, 6.45) is 1.01. The molecule has 0 aliphatic rings. The molecular formula is C13H15F2N3OS.